The molecule has 3 heterocycles. The average molecular weight is 726 g/mol. The zero-order valence-corrected chi connectivity index (χ0v) is 31.0. The molecule has 0 spiro atoms. The molecule has 0 amide bonds. The second-order valence-corrected chi connectivity index (χ2v) is 15.0. The fourth-order valence-corrected chi connectivity index (χ4v) is 9.24. The number of para-hydroxylation sites is 5. The fourth-order valence-electron chi connectivity index (χ4n) is 9.24. The first kappa shape index (κ1) is 31.7. The van der Waals surface area contributed by atoms with Gasteiger partial charge in [0.2, 0.25) is 0 Å². The Hall–Kier alpha value is -7.62. The number of fused-ring (bicyclic) bond motifs is 9. The van der Waals surface area contributed by atoms with Crippen LogP contribution in [0.4, 0.5) is 0 Å². The van der Waals surface area contributed by atoms with Gasteiger partial charge in [-0.2, -0.15) is 0 Å². The summed E-state index contributed by atoms with van der Waals surface area (Å²) >= 11 is 0. The van der Waals surface area contributed by atoms with E-state index in [2.05, 4.69) is 226 Å². The van der Waals surface area contributed by atoms with Crippen molar-refractivity contribution in [3.05, 3.63) is 212 Å². The summed E-state index contributed by atoms with van der Waals surface area (Å²) in [5.74, 6) is 0. The minimum Gasteiger partial charge on any atom is -0.309 e. The van der Waals surface area contributed by atoms with E-state index in [9.17, 15) is 0 Å². The van der Waals surface area contributed by atoms with Crippen LogP contribution in [0.15, 0.2) is 212 Å². The van der Waals surface area contributed by atoms with E-state index in [1.165, 1.54) is 93.4 Å². The topological polar surface area (TPSA) is 14.8 Å². The van der Waals surface area contributed by atoms with Gasteiger partial charge in [-0.15, -0.1) is 0 Å². The molecule has 0 bridgehead atoms. The molecule has 9 aromatic carbocycles. The standard InChI is InChI=1S/C54H35N3/c1-6-16-49-43(11-1)44-12-2-7-17-50(44)55(49)40-29-25-38(26-30-40)36-21-23-37(24-22-36)39-27-31-41(32-28-39)56-51-18-8-5-15-47(51)48-34-33-42(35-54(48)56)57-52-19-9-3-13-45(52)46-14-4-10-20-53(46)57/h1-35H. The summed E-state index contributed by atoms with van der Waals surface area (Å²) < 4.78 is 7.18. The van der Waals surface area contributed by atoms with Gasteiger partial charge in [0.1, 0.15) is 0 Å². The van der Waals surface area contributed by atoms with Gasteiger partial charge in [-0.1, -0.05) is 146 Å². The van der Waals surface area contributed by atoms with Crippen LogP contribution < -0.4 is 0 Å². The van der Waals surface area contributed by atoms with Crippen LogP contribution in [-0.4, -0.2) is 13.7 Å². The first-order valence-corrected chi connectivity index (χ1v) is 19.6. The predicted molar refractivity (Wildman–Crippen MR) is 240 cm³/mol. The second-order valence-electron chi connectivity index (χ2n) is 15.0. The molecule has 57 heavy (non-hydrogen) atoms. The molecule has 3 heteroatoms. The summed E-state index contributed by atoms with van der Waals surface area (Å²) in [6.45, 7) is 0. The summed E-state index contributed by atoms with van der Waals surface area (Å²) in [5, 5.41) is 7.60. The van der Waals surface area contributed by atoms with Crippen molar-refractivity contribution in [2.75, 3.05) is 0 Å². The van der Waals surface area contributed by atoms with Crippen molar-refractivity contribution in [3.8, 4) is 39.3 Å². The van der Waals surface area contributed by atoms with Crippen molar-refractivity contribution in [1.29, 1.82) is 0 Å². The Labute approximate surface area is 329 Å². The Bertz CT molecular complexity index is 3380. The lowest BCUT2D eigenvalue weighted by atomic mass is 10.00. The van der Waals surface area contributed by atoms with Crippen LogP contribution in [0.3, 0.4) is 0 Å². The van der Waals surface area contributed by atoms with Crippen LogP contribution in [0.2, 0.25) is 0 Å². The molecule has 0 aliphatic rings. The van der Waals surface area contributed by atoms with E-state index in [4.69, 9.17) is 0 Å². The number of nitrogens with zero attached hydrogens (tertiary/aromatic N) is 3. The van der Waals surface area contributed by atoms with Crippen LogP contribution in [-0.2, 0) is 0 Å². The van der Waals surface area contributed by atoms with Crippen molar-refractivity contribution in [1.82, 2.24) is 13.7 Å². The van der Waals surface area contributed by atoms with Gasteiger partial charge < -0.3 is 13.7 Å². The van der Waals surface area contributed by atoms with Crippen LogP contribution in [0.25, 0.3) is 105 Å². The largest absolute Gasteiger partial charge is 0.309 e. The lowest BCUT2D eigenvalue weighted by Crippen LogP contribution is -1.97. The quantitative estimate of drug-likeness (QED) is 0.168. The molecule has 0 aliphatic carbocycles. The van der Waals surface area contributed by atoms with Gasteiger partial charge in [0, 0.05) is 49.4 Å². The van der Waals surface area contributed by atoms with Crippen molar-refractivity contribution in [2.24, 2.45) is 0 Å². The number of rotatable bonds is 5. The monoisotopic (exact) mass is 725 g/mol. The molecule has 0 fully saturated rings. The highest BCUT2D eigenvalue weighted by Crippen LogP contribution is 2.38. The lowest BCUT2D eigenvalue weighted by molar-refractivity contribution is 1.15. The maximum atomic E-state index is 2.41. The third-order valence-electron chi connectivity index (χ3n) is 11.9. The van der Waals surface area contributed by atoms with E-state index in [-0.39, 0.29) is 0 Å². The van der Waals surface area contributed by atoms with Crippen LogP contribution in [0.5, 0.6) is 0 Å². The van der Waals surface area contributed by atoms with E-state index in [0.29, 0.717) is 0 Å². The van der Waals surface area contributed by atoms with E-state index < -0.39 is 0 Å². The van der Waals surface area contributed by atoms with Gasteiger partial charge >= 0.3 is 0 Å². The van der Waals surface area contributed by atoms with E-state index in [1.54, 1.807) is 0 Å². The van der Waals surface area contributed by atoms with Gasteiger partial charge in [0.05, 0.1) is 33.1 Å². The van der Waals surface area contributed by atoms with Crippen LogP contribution >= 0.6 is 0 Å². The van der Waals surface area contributed by atoms with Gasteiger partial charge in [0.15, 0.2) is 0 Å². The minimum absolute atomic E-state index is 1.14. The van der Waals surface area contributed by atoms with Gasteiger partial charge in [-0.05, 0) is 89.0 Å². The third kappa shape index (κ3) is 4.86. The molecule has 3 nitrogen and oxygen atoms in total. The molecule has 0 unspecified atom stereocenters. The number of benzene rings is 9. The maximum absolute atomic E-state index is 2.41. The van der Waals surface area contributed by atoms with E-state index >= 15 is 0 Å². The van der Waals surface area contributed by atoms with E-state index in [1.807, 2.05) is 0 Å². The third-order valence-corrected chi connectivity index (χ3v) is 11.9. The molecule has 0 radical (unpaired) electrons. The summed E-state index contributed by atoms with van der Waals surface area (Å²) in [5.41, 5.74) is 15.5. The second kappa shape index (κ2) is 12.5. The molecular formula is C54H35N3. The molecule has 0 saturated heterocycles. The smallest absolute Gasteiger partial charge is 0.0561 e. The predicted octanol–water partition coefficient (Wildman–Crippen LogP) is 14.3. The van der Waals surface area contributed by atoms with Gasteiger partial charge in [0.25, 0.3) is 0 Å². The fraction of sp³-hybridized carbons (Fsp3) is 0. The Kier molecular flexibility index (Phi) is 6.93. The average Bonchev–Trinajstić information content (AvgIpc) is 3.92. The molecule has 266 valence electrons. The number of aromatic nitrogens is 3. The van der Waals surface area contributed by atoms with E-state index in [0.717, 1.165) is 11.4 Å². The lowest BCUT2D eigenvalue weighted by Gasteiger charge is -2.12. The number of hydrogen-bond acceptors (Lipinski definition) is 0. The molecule has 0 N–H and O–H groups in total. The Balaban J connectivity index is 0.885. The van der Waals surface area contributed by atoms with Gasteiger partial charge in [-0.25, -0.2) is 0 Å². The van der Waals surface area contributed by atoms with Gasteiger partial charge in [-0.3, -0.25) is 0 Å². The number of hydrogen-bond donors (Lipinski definition) is 0. The highest BCUT2D eigenvalue weighted by molar-refractivity contribution is 6.12. The SMILES string of the molecule is c1ccc2c(c1)c1ccccc1n2-c1ccc(-c2ccc(-c3ccc(-n4c5ccccc5c5ccc(-n6c7ccccc7c7ccccc76)cc54)cc3)cc2)cc1. The van der Waals surface area contributed by atoms with Crippen molar-refractivity contribution in [3.63, 3.8) is 0 Å². The Morgan fingerprint density at radius 3 is 0.789 bits per heavy atom. The van der Waals surface area contributed by atoms with Crippen molar-refractivity contribution < 1.29 is 0 Å². The Morgan fingerprint density at radius 2 is 0.439 bits per heavy atom. The summed E-state index contributed by atoms with van der Waals surface area (Å²) in [6.07, 6.45) is 0. The minimum atomic E-state index is 1.14. The normalized spacial score (nSPS) is 11.9. The van der Waals surface area contributed by atoms with Crippen molar-refractivity contribution >= 4 is 65.4 Å². The summed E-state index contributed by atoms with van der Waals surface area (Å²) in [7, 11) is 0. The molecule has 3 aromatic heterocycles. The Morgan fingerprint density at radius 1 is 0.193 bits per heavy atom. The molecular weight excluding hydrogens is 691 g/mol. The highest BCUT2D eigenvalue weighted by atomic mass is 15.0. The molecule has 12 rings (SSSR count). The first-order chi connectivity index (χ1) is 28.3. The summed E-state index contributed by atoms with van der Waals surface area (Å²) in [6, 6.07) is 77.4. The highest BCUT2D eigenvalue weighted by Gasteiger charge is 2.17. The van der Waals surface area contributed by atoms with Crippen LogP contribution in [0, 0.1) is 0 Å². The molecule has 12 aromatic rings. The van der Waals surface area contributed by atoms with Crippen molar-refractivity contribution in [2.45, 2.75) is 0 Å². The summed E-state index contributed by atoms with van der Waals surface area (Å²) in [4.78, 5) is 0. The molecule has 0 atom stereocenters. The first-order valence-electron chi connectivity index (χ1n) is 19.6. The maximum Gasteiger partial charge on any atom is 0.0561 e. The van der Waals surface area contributed by atoms with Crippen LogP contribution in [0.1, 0.15) is 0 Å². The zero-order chi connectivity index (χ0) is 37.5. The molecule has 0 saturated carbocycles. The zero-order valence-electron chi connectivity index (χ0n) is 31.0. The molecule has 0 aliphatic heterocycles.